The normalized spacial score (nSPS) is 11.0. The van der Waals surface area contributed by atoms with Gasteiger partial charge >= 0.3 is 6.36 Å². The maximum Gasteiger partial charge on any atom is 0.573 e. The summed E-state index contributed by atoms with van der Waals surface area (Å²) in [4.78, 5) is 2.00. The predicted octanol–water partition coefficient (Wildman–Crippen LogP) is 5.98. The molecule has 3 aromatic carbocycles. The van der Waals surface area contributed by atoms with Crippen LogP contribution in [0.25, 0.3) is 0 Å². The molecule has 0 atom stereocenters. The van der Waals surface area contributed by atoms with Gasteiger partial charge in [-0.05, 0) is 47.6 Å². The third-order valence-corrected chi connectivity index (χ3v) is 4.42. The molecule has 3 rings (SSSR count). The van der Waals surface area contributed by atoms with Crippen molar-refractivity contribution in [1.29, 1.82) is 0 Å². The van der Waals surface area contributed by atoms with Crippen LogP contribution in [0.5, 0.6) is 5.75 Å². The zero-order chi connectivity index (χ0) is 20.7. The Balaban J connectivity index is 1.71. The van der Waals surface area contributed by atoms with Gasteiger partial charge in [0, 0.05) is 18.8 Å². The van der Waals surface area contributed by atoms with Gasteiger partial charge in [0.2, 0.25) is 0 Å². The van der Waals surface area contributed by atoms with Gasteiger partial charge in [-0.2, -0.15) is 0 Å². The molecule has 150 valence electrons. The zero-order valence-electron chi connectivity index (χ0n) is 15.4. The summed E-state index contributed by atoms with van der Waals surface area (Å²) in [5.41, 5.74) is 2.78. The second kappa shape index (κ2) is 9.43. The maximum absolute atomic E-state index is 12.3. The average molecular weight is 416 g/mol. The van der Waals surface area contributed by atoms with E-state index in [9.17, 15) is 13.2 Å². The summed E-state index contributed by atoms with van der Waals surface area (Å²) in [5, 5.41) is 3.57. The Morgan fingerprint density at radius 1 is 0.793 bits per heavy atom. The first-order valence-electron chi connectivity index (χ1n) is 8.89. The molecular weight excluding hydrogens is 397 g/mol. The molecule has 29 heavy (non-hydrogen) atoms. The number of alkyl halides is 3. The highest BCUT2D eigenvalue weighted by Gasteiger charge is 2.30. The van der Waals surface area contributed by atoms with Crippen LogP contribution in [0.4, 0.5) is 18.9 Å². The van der Waals surface area contributed by atoms with Gasteiger partial charge in [-0.25, -0.2) is 0 Å². The van der Waals surface area contributed by atoms with Crippen molar-refractivity contribution in [2.24, 2.45) is 0 Å². The van der Waals surface area contributed by atoms with Crippen molar-refractivity contribution in [2.45, 2.75) is 19.5 Å². The second-order valence-electron chi connectivity index (χ2n) is 6.33. The smallest absolute Gasteiger partial charge is 0.406 e. The van der Waals surface area contributed by atoms with Crippen LogP contribution in [-0.2, 0) is 13.1 Å². The molecular formula is C22H19F3N2OS. The van der Waals surface area contributed by atoms with Crippen molar-refractivity contribution in [3.8, 4) is 5.75 Å². The third kappa shape index (κ3) is 6.80. The number of hydrogen-bond acceptors (Lipinski definition) is 2. The number of thiocarbonyl (C=S) groups is 1. The summed E-state index contributed by atoms with van der Waals surface area (Å²) < 4.78 is 40.8. The molecule has 0 saturated heterocycles. The molecule has 0 heterocycles. The highest BCUT2D eigenvalue weighted by Crippen LogP contribution is 2.24. The van der Waals surface area contributed by atoms with E-state index in [0.29, 0.717) is 23.9 Å². The standard InChI is InChI=1S/C22H19F3N2OS/c23-22(24,25)28-20-13-11-19(12-14-20)26-21(29)27(15-17-7-3-1-4-8-17)16-18-9-5-2-6-10-18/h1-14H,15-16H2,(H,26,29). The number of rotatable bonds is 6. The Kier molecular flexibility index (Phi) is 6.72. The summed E-state index contributed by atoms with van der Waals surface area (Å²) in [6.45, 7) is 1.19. The van der Waals surface area contributed by atoms with E-state index < -0.39 is 6.36 Å². The van der Waals surface area contributed by atoms with Crippen molar-refractivity contribution in [3.63, 3.8) is 0 Å². The second-order valence-corrected chi connectivity index (χ2v) is 6.72. The highest BCUT2D eigenvalue weighted by molar-refractivity contribution is 7.80. The number of anilines is 1. The van der Waals surface area contributed by atoms with E-state index in [1.54, 1.807) is 0 Å². The van der Waals surface area contributed by atoms with Gasteiger partial charge in [0.05, 0.1) is 0 Å². The van der Waals surface area contributed by atoms with Crippen LogP contribution in [0.2, 0.25) is 0 Å². The monoisotopic (exact) mass is 416 g/mol. The minimum atomic E-state index is -4.72. The van der Waals surface area contributed by atoms with Crippen molar-refractivity contribution in [1.82, 2.24) is 4.90 Å². The van der Waals surface area contributed by atoms with Crippen molar-refractivity contribution in [2.75, 3.05) is 5.32 Å². The van der Waals surface area contributed by atoms with Crippen LogP contribution >= 0.6 is 12.2 Å². The van der Waals surface area contributed by atoms with Crippen molar-refractivity contribution in [3.05, 3.63) is 96.1 Å². The topological polar surface area (TPSA) is 24.5 Å². The van der Waals surface area contributed by atoms with E-state index in [1.165, 1.54) is 24.3 Å². The molecule has 0 aliphatic rings. The van der Waals surface area contributed by atoms with E-state index in [1.807, 2.05) is 65.6 Å². The predicted molar refractivity (Wildman–Crippen MR) is 111 cm³/mol. The molecule has 0 bridgehead atoms. The Morgan fingerprint density at radius 3 is 1.72 bits per heavy atom. The van der Waals surface area contributed by atoms with E-state index in [2.05, 4.69) is 10.1 Å². The fourth-order valence-corrected chi connectivity index (χ4v) is 3.00. The summed E-state index contributed by atoms with van der Waals surface area (Å²) in [6, 6.07) is 25.3. The first-order chi connectivity index (χ1) is 13.9. The largest absolute Gasteiger partial charge is 0.573 e. The molecule has 3 nitrogen and oxygen atoms in total. The highest BCUT2D eigenvalue weighted by atomic mass is 32.1. The molecule has 0 aromatic heterocycles. The summed E-state index contributed by atoms with van der Waals surface area (Å²) in [7, 11) is 0. The first-order valence-corrected chi connectivity index (χ1v) is 9.29. The van der Waals surface area contributed by atoms with Crippen LogP contribution in [0.15, 0.2) is 84.9 Å². The third-order valence-electron chi connectivity index (χ3n) is 4.06. The zero-order valence-corrected chi connectivity index (χ0v) is 16.2. The minimum absolute atomic E-state index is 0.278. The quantitative estimate of drug-likeness (QED) is 0.499. The van der Waals surface area contributed by atoms with E-state index in [4.69, 9.17) is 12.2 Å². The lowest BCUT2D eigenvalue weighted by molar-refractivity contribution is -0.274. The Bertz CT molecular complexity index is 875. The fourth-order valence-electron chi connectivity index (χ4n) is 2.75. The van der Waals surface area contributed by atoms with Gasteiger partial charge in [0.1, 0.15) is 5.75 Å². The summed E-state index contributed by atoms with van der Waals surface area (Å²) in [6.07, 6.45) is -4.72. The van der Waals surface area contributed by atoms with E-state index in [0.717, 1.165) is 11.1 Å². The molecule has 0 fully saturated rings. The summed E-state index contributed by atoms with van der Waals surface area (Å²) in [5.74, 6) is -0.278. The Morgan fingerprint density at radius 2 is 1.28 bits per heavy atom. The van der Waals surface area contributed by atoms with Gasteiger partial charge in [-0.15, -0.1) is 13.2 Å². The summed E-state index contributed by atoms with van der Waals surface area (Å²) >= 11 is 5.58. The SMILES string of the molecule is FC(F)(F)Oc1ccc(NC(=S)N(Cc2ccccc2)Cc2ccccc2)cc1. The van der Waals surface area contributed by atoms with E-state index >= 15 is 0 Å². The van der Waals surface area contributed by atoms with Gasteiger partial charge in [-0.1, -0.05) is 60.7 Å². The van der Waals surface area contributed by atoms with Crippen LogP contribution in [0, 0.1) is 0 Å². The number of ether oxygens (including phenoxy) is 1. The minimum Gasteiger partial charge on any atom is -0.406 e. The molecule has 1 N–H and O–H groups in total. The van der Waals surface area contributed by atoms with Crippen molar-refractivity contribution >= 4 is 23.0 Å². The lowest BCUT2D eigenvalue weighted by atomic mass is 10.2. The molecule has 0 aliphatic carbocycles. The number of hydrogen-bond donors (Lipinski definition) is 1. The molecule has 0 saturated carbocycles. The Hall–Kier alpha value is -3.06. The van der Waals surface area contributed by atoms with Crippen LogP contribution in [0.1, 0.15) is 11.1 Å². The number of nitrogens with one attached hydrogen (secondary N) is 1. The number of halogens is 3. The number of benzene rings is 3. The number of nitrogens with zero attached hydrogens (tertiary/aromatic N) is 1. The molecule has 7 heteroatoms. The molecule has 3 aromatic rings. The van der Waals surface area contributed by atoms with Crippen molar-refractivity contribution < 1.29 is 17.9 Å². The van der Waals surface area contributed by atoms with Gasteiger partial charge in [-0.3, -0.25) is 0 Å². The lowest BCUT2D eigenvalue weighted by Gasteiger charge is -2.26. The molecule has 0 radical (unpaired) electrons. The van der Waals surface area contributed by atoms with E-state index in [-0.39, 0.29) is 5.75 Å². The van der Waals surface area contributed by atoms with Gasteiger partial charge < -0.3 is 15.0 Å². The molecule has 0 amide bonds. The molecule has 0 unspecified atom stereocenters. The Labute approximate surface area is 172 Å². The first kappa shape index (κ1) is 20.7. The maximum atomic E-state index is 12.3. The van der Waals surface area contributed by atoms with Crippen LogP contribution < -0.4 is 10.1 Å². The average Bonchev–Trinajstić information content (AvgIpc) is 2.69. The fraction of sp³-hybridized carbons (Fsp3) is 0.136. The van der Waals surface area contributed by atoms with Crippen LogP contribution in [-0.4, -0.2) is 16.4 Å². The van der Waals surface area contributed by atoms with Gasteiger partial charge in [0.25, 0.3) is 0 Å². The molecule has 0 spiro atoms. The molecule has 0 aliphatic heterocycles. The lowest BCUT2D eigenvalue weighted by Crippen LogP contribution is -2.33. The van der Waals surface area contributed by atoms with Crippen LogP contribution in [0.3, 0.4) is 0 Å². The van der Waals surface area contributed by atoms with Gasteiger partial charge in [0.15, 0.2) is 5.11 Å².